The summed E-state index contributed by atoms with van der Waals surface area (Å²) in [7, 11) is 0. The molecule has 16 heavy (non-hydrogen) atoms. The number of carbonyl (C=O) groups excluding carboxylic acids is 1. The predicted molar refractivity (Wildman–Crippen MR) is 60.3 cm³/mol. The standard InChI is InChI=1S/C11H20N2O3/c1-3-12(4-2)11(16)13-8-6-5-7-9(13)10(14)15/h9H,3-8H2,1-2H3,(H,14,15). The molecule has 1 N–H and O–H groups in total. The van der Waals surface area contributed by atoms with Gasteiger partial charge in [0.05, 0.1) is 0 Å². The van der Waals surface area contributed by atoms with Crippen LogP contribution in [0, 0.1) is 0 Å². The fraction of sp³-hybridized carbons (Fsp3) is 0.818. The normalized spacial score (nSPS) is 20.6. The van der Waals surface area contributed by atoms with Crippen LogP contribution in [0.5, 0.6) is 0 Å². The molecule has 1 aliphatic heterocycles. The quantitative estimate of drug-likeness (QED) is 0.794. The molecule has 0 saturated carbocycles. The fourth-order valence-electron chi connectivity index (χ4n) is 2.09. The van der Waals surface area contributed by atoms with Crippen LogP contribution >= 0.6 is 0 Å². The molecule has 0 aromatic carbocycles. The Balaban J connectivity index is 2.74. The van der Waals surface area contributed by atoms with Crippen LogP contribution in [0.2, 0.25) is 0 Å². The number of carboxylic acid groups (broad SMARTS) is 1. The van der Waals surface area contributed by atoms with Crippen molar-refractivity contribution in [3.63, 3.8) is 0 Å². The van der Waals surface area contributed by atoms with Crippen LogP contribution in [-0.4, -0.2) is 52.6 Å². The van der Waals surface area contributed by atoms with Crippen LogP contribution in [0.4, 0.5) is 4.79 Å². The van der Waals surface area contributed by atoms with Gasteiger partial charge in [0.2, 0.25) is 0 Å². The number of hydrogen-bond acceptors (Lipinski definition) is 2. The molecule has 0 spiro atoms. The van der Waals surface area contributed by atoms with Gasteiger partial charge in [0.15, 0.2) is 0 Å². The van der Waals surface area contributed by atoms with Gasteiger partial charge < -0.3 is 14.9 Å². The summed E-state index contributed by atoms with van der Waals surface area (Å²) >= 11 is 0. The molecule has 1 aliphatic rings. The van der Waals surface area contributed by atoms with Gasteiger partial charge in [-0.25, -0.2) is 9.59 Å². The van der Waals surface area contributed by atoms with Gasteiger partial charge in [-0.3, -0.25) is 0 Å². The highest BCUT2D eigenvalue weighted by atomic mass is 16.4. The summed E-state index contributed by atoms with van der Waals surface area (Å²) in [6.45, 7) is 5.62. The van der Waals surface area contributed by atoms with E-state index in [1.165, 1.54) is 4.90 Å². The van der Waals surface area contributed by atoms with Crippen molar-refractivity contribution in [3.8, 4) is 0 Å². The minimum Gasteiger partial charge on any atom is -0.480 e. The van der Waals surface area contributed by atoms with Crippen LogP contribution in [-0.2, 0) is 4.79 Å². The molecule has 0 bridgehead atoms. The van der Waals surface area contributed by atoms with Gasteiger partial charge in [0, 0.05) is 19.6 Å². The second-order valence-corrected chi connectivity index (χ2v) is 4.00. The fourth-order valence-corrected chi connectivity index (χ4v) is 2.09. The van der Waals surface area contributed by atoms with E-state index in [0.29, 0.717) is 26.1 Å². The van der Waals surface area contributed by atoms with Gasteiger partial charge in [0.1, 0.15) is 6.04 Å². The third kappa shape index (κ3) is 2.65. The highest BCUT2D eigenvalue weighted by Crippen LogP contribution is 2.18. The molecule has 1 heterocycles. The van der Waals surface area contributed by atoms with E-state index in [1.807, 2.05) is 13.8 Å². The average Bonchev–Trinajstić information content (AvgIpc) is 2.30. The SMILES string of the molecule is CCN(CC)C(=O)N1CCCCC1C(=O)O. The summed E-state index contributed by atoms with van der Waals surface area (Å²) in [5.74, 6) is -0.889. The van der Waals surface area contributed by atoms with E-state index in [9.17, 15) is 9.59 Å². The van der Waals surface area contributed by atoms with E-state index in [4.69, 9.17) is 5.11 Å². The highest BCUT2D eigenvalue weighted by molar-refractivity contribution is 5.82. The Bertz CT molecular complexity index is 264. The minimum absolute atomic E-state index is 0.142. The predicted octanol–water partition coefficient (Wildman–Crippen LogP) is 1.39. The summed E-state index contributed by atoms with van der Waals surface area (Å²) in [6, 6.07) is -0.779. The number of aliphatic carboxylic acids is 1. The molecule has 0 aromatic rings. The molecule has 0 aromatic heterocycles. The summed E-state index contributed by atoms with van der Waals surface area (Å²) < 4.78 is 0. The van der Waals surface area contributed by atoms with E-state index < -0.39 is 12.0 Å². The summed E-state index contributed by atoms with van der Waals surface area (Å²) in [4.78, 5) is 26.3. The number of hydrogen-bond donors (Lipinski definition) is 1. The Morgan fingerprint density at radius 2 is 1.94 bits per heavy atom. The maximum Gasteiger partial charge on any atom is 0.326 e. The molecule has 1 rings (SSSR count). The molecule has 1 fully saturated rings. The molecule has 1 saturated heterocycles. The zero-order valence-electron chi connectivity index (χ0n) is 9.98. The van der Waals surface area contributed by atoms with E-state index in [-0.39, 0.29) is 6.03 Å². The van der Waals surface area contributed by atoms with Crippen LogP contribution in [0.3, 0.4) is 0 Å². The summed E-state index contributed by atoms with van der Waals surface area (Å²) in [5.41, 5.74) is 0. The lowest BCUT2D eigenvalue weighted by molar-refractivity contribution is -0.143. The lowest BCUT2D eigenvalue weighted by Gasteiger charge is -2.36. The highest BCUT2D eigenvalue weighted by Gasteiger charge is 2.33. The second-order valence-electron chi connectivity index (χ2n) is 4.00. The van der Waals surface area contributed by atoms with Gasteiger partial charge >= 0.3 is 12.0 Å². The first-order valence-electron chi connectivity index (χ1n) is 5.90. The van der Waals surface area contributed by atoms with E-state index >= 15 is 0 Å². The molecule has 0 radical (unpaired) electrons. The Hall–Kier alpha value is -1.26. The van der Waals surface area contributed by atoms with E-state index in [1.54, 1.807) is 4.90 Å². The van der Waals surface area contributed by atoms with Gasteiger partial charge in [-0.2, -0.15) is 0 Å². The average molecular weight is 228 g/mol. The molecule has 1 atom stereocenters. The zero-order chi connectivity index (χ0) is 12.1. The Kier molecular flexibility index (Phi) is 4.58. The molecular weight excluding hydrogens is 208 g/mol. The molecule has 92 valence electrons. The maximum atomic E-state index is 12.1. The monoisotopic (exact) mass is 228 g/mol. The lowest BCUT2D eigenvalue weighted by atomic mass is 10.0. The molecular formula is C11H20N2O3. The van der Waals surface area contributed by atoms with Gasteiger partial charge in [-0.1, -0.05) is 0 Å². The van der Waals surface area contributed by atoms with Crippen molar-refractivity contribution in [3.05, 3.63) is 0 Å². The van der Waals surface area contributed by atoms with Gasteiger partial charge in [0.25, 0.3) is 0 Å². The van der Waals surface area contributed by atoms with Crippen molar-refractivity contribution in [2.45, 2.75) is 39.2 Å². The molecule has 5 heteroatoms. The molecule has 5 nitrogen and oxygen atoms in total. The smallest absolute Gasteiger partial charge is 0.326 e. The lowest BCUT2D eigenvalue weighted by Crippen LogP contribution is -2.53. The second kappa shape index (κ2) is 5.72. The topological polar surface area (TPSA) is 60.9 Å². The number of urea groups is 1. The van der Waals surface area contributed by atoms with Crippen LogP contribution < -0.4 is 0 Å². The number of likely N-dealkylation sites (tertiary alicyclic amines) is 1. The van der Waals surface area contributed by atoms with Crippen molar-refractivity contribution >= 4 is 12.0 Å². The van der Waals surface area contributed by atoms with Crippen molar-refractivity contribution in [1.29, 1.82) is 0 Å². The largest absolute Gasteiger partial charge is 0.480 e. The van der Waals surface area contributed by atoms with Crippen molar-refractivity contribution in [2.24, 2.45) is 0 Å². The molecule has 1 unspecified atom stereocenters. The third-order valence-corrected chi connectivity index (χ3v) is 3.07. The summed E-state index contributed by atoms with van der Waals surface area (Å²) in [6.07, 6.45) is 2.36. The number of piperidine rings is 1. The summed E-state index contributed by atoms with van der Waals surface area (Å²) in [5, 5.41) is 9.07. The zero-order valence-corrected chi connectivity index (χ0v) is 9.98. The number of carbonyl (C=O) groups is 2. The Labute approximate surface area is 96.0 Å². The first-order valence-corrected chi connectivity index (χ1v) is 5.90. The molecule has 0 aliphatic carbocycles. The van der Waals surface area contributed by atoms with Crippen LogP contribution in [0.15, 0.2) is 0 Å². The van der Waals surface area contributed by atoms with Crippen LogP contribution in [0.1, 0.15) is 33.1 Å². The van der Waals surface area contributed by atoms with Crippen molar-refractivity contribution in [2.75, 3.05) is 19.6 Å². The number of carboxylic acids is 1. The first kappa shape index (κ1) is 12.8. The first-order chi connectivity index (χ1) is 7.61. The Morgan fingerprint density at radius 3 is 2.44 bits per heavy atom. The number of amides is 2. The van der Waals surface area contributed by atoms with E-state index in [0.717, 1.165) is 12.8 Å². The van der Waals surface area contributed by atoms with Crippen molar-refractivity contribution in [1.82, 2.24) is 9.80 Å². The van der Waals surface area contributed by atoms with E-state index in [2.05, 4.69) is 0 Å². The van der Waals surface area contributed by atoms with Gasteiger partial charge in [-0.15, -0.1) is 0 Å². The number of nitrogens with zero attached hydrogens (tertiary/aromatic N) is 2. The van der Waals surface area contributed by atoms with Crippen LogP contribution in [0.25, 0.3) is 0 Å². The molecule has 2 amide bonds. The maximum absolute atomic E-state index is 12.1. The third-order valence-electron chi connectivity index (χ3n) is 3.07. The Morgan fingerprint density at radius 1 is 1.31 bits per heavy atom. The van der Waals surface area contributed by atoms with Gasteiger partial charge in [-0.05, 0) is 33.1 Å². The number of rotatable bonds is 3. The van der Waals surface area contributed by atoms with Crippen molar-refractivity contribution < 1.29 is 14.7 Å². The minimum atomic E-state index is -0.889.